The molecule has 1 amide bonds. The van der Waals surface area contributed by atoms with E-state index >= 15 is 0 Å². The number of nitrogens with zero attached hydrogens (tertiary/aromatic N) is 1. The lowest BCUT2D eigenvalue weighted by molar-refractivity contribution is -0.132. The Morgan fingerprint density at radius 2 is 1.88 bits per heavy atom. The average molecular weight is 470 g/mol. The van der Waals surface area contributed by atoms with Crippen LogP contribution >= 0.6 is 11.6 Å². The van der Waals surface area contributed by atoms with Gasteiger partial charge in [0.2, 0.25) is 5.91 Å². The van der Waals surface area contributed by atoms with E-state index < -0.39 is 11.6 Å². The van der Waals surface area contributed by atoms with E-state index in [2.05, 4.69) is 0 Å². The Labute approximate surface area is 196 Å². The highest BCUT2D eigenvalue weighted by Crippen LogP contribution is 2.40. The van der Waals surface area contributed by atoms with E-state index in [4.69, 9.17) is 25.8 Å². The number of benzene rings is 2. The molecular weight excluding hydrogens is 446 g/mol. The van der Waals surface area contributed by atoms with E-state index in [0.717, 1.165) is 5.56 Å². The van der Waals surface area contributed by atoms with Gasteiger partial charge < -0.3 is 19.1 Å². The van der Waals surface area contributed by atoms with Crippen LogP contribution in [0.2, 0.25) is 5.02 Å². The van der Waals surface area contributed by atoms with Gasteiger partial charge in [0, 0.05) is 44.0 Å². The summed E-state index contributed by atoms with van der Waals surface area (Å²) in [6, 6.07) is 10.1. The van der Waals surface area contributed by atoms with Gasteiger partial charge in [-0.2, -0.15) is 0 Å². The maximum absolute atomic E-state index is 12.7. The first-order valence-corrected chi connectivity index (χ1v) is 11.0. The highest BCUT2D eigenvalue weighted by molar-refractivity contribution is 6.31. The molecule has 7 nitrogen and oxygen atoms in total. The molecule has 0 atom stereocenters. The number of rotatable bonds is 4. The monoisotopic (exact) mass is 469 g/mol. The second-order valence-corrected chi connectivity index (χ2v) is 8.62. The lowest BCUT2D eigenvalue weighted by atomic mass is 9.82. The van der Waals surface area contributed by atoms with Gasteiger partial charge >= 0.3 is 5.97 Å². The lowest BCUT2D eigenvalue weighted by Gasteiger charge is -2.43. The summed E-state index contributed by atoms with van der Waals surface area (Å²) in [5.74, 6) is 0.736. The Morgan fingerprint density at radius 3 is 2.58 bits per heavy atom. The number of amides is 1. The molecular formula is C25H24ClNO6. The van der Waals surface area contributed by atoms with Gasteiger partial charge in [0.15, 0.2) is 17.3 Å². The fourth-order valence-electron chi connectivity index (χ4n) is 4.18. The molecule has 0 bridgehead atoms. The van der Waals surface area contributed by atoms with Crippen LogP contribution in [0.25, 0.3) is 6.08 Å². The third-order valence-electron chi connectivity index (χ3n) is 5.90. The molecule has 2 heterocycles. The SMILES string of the molecule is COc1cc(/C=C/C(=O)N2CCC3(CC2)CC(=O)c2cc(Cl)ccc2O3)ccc1OC(C)=O. The van der Waals surface area contributed by atoms with Crippen LogP contribution in [0.15, 0.2) is 42.5 Å². The van der Waals surface area contributed by atoms with Gasteiger partial charge in [-0.1, -0.05) is 17.7 Å². The minimum absolute atomic E-state index is 0.0181. The summed E-state index contributed by atoms with van der Waals surface area (Å²) in [7, 11) is 1.48. The van der Waals surface area contributed by atoms with Crippen molar-refractivity contribution in [2.24, 2.45) is 0 Å². The molecule has 8 heteroatoms. The minimum Gasteiger partial charge on any atom is -0.493 e. The summed E-state index contributed by atoms with van der Waals surface area (Å²) >= 11 is 6.01. The van der Waals surface area contributed by atoms with E-state index in [1.165, 1.54) is 20.1 Å². The van der Waals surface area contributed by atoms with E-state index in [9.17, 15) is 14.4 Å². The number of esters is 1. The van der Waals surface area contributed by atoms with Crippen molar-refractivity contribution in [1.82, 2.24) is 4.90 Å². The Balaban J connectivity index is 1.39. The van der Waals surface area contributed by atoms with Gasteiger partial charge in [-0.25, -0.2) is 0 Å². The number of ether oxygens (including phenoxy) is 3. The van der Waals surface area contributed by atoms with Gasteiger partial charge in [0.1, 0.15) is 11.4 Å². The maximum Gasteiger partial charge on any atom is 0.308 e. The predicted octanol–water partition coefficient (Wildman–Crippen LogP) is 4.31. The predicted molar refractivity (Wildman–Crippen MR) is 123 cm³/mol. The van der Waals surface area contributed by atoms with Crippen molar-refractivity contribution in [1.29, 1.82) is 0 Å². The van der Waals surface area contributed by atoms with Crippen LogP contribution in [0.3, 0.4) is 0 Å². The third-order valence-corrected chi connectivity index (χ3v) is 6.13. The van der Waals surface area contributed by atoms with Crippen molar-refractivity contribution < 1.29 is 28.6 Å². The Kier molecular flexibility index (Phi) is 6.42. The summed E-state index contributed by atoms with van der Waals surface area (Å²) in [5, 5.41) is 0.507. The number of halogens is 1. The Bertz CT molecular complexity index is 1130. The smallest absolute Gasteiger partial charge is 0.308 e. The molecule has 0 N–H and O–H groups in total. The minimum atomic E-state index is -0.585. The number of fused-ring (bicyclic) bond motifs is 1. The number of Topliss-reactive ketones (excluding diaryl/α,β-unsaturated/α-hetero) is 1. The Morgan fingerprint density at radius 1 is 1.12 bits per heavy atom. The molecule has 2 aromatic rings. The van der Waals surface area contributed by atoms with Crippen molar-refractivity contribution in [3.8, 4) is 17.2 Å². The fraction of sp³-hybridized carbons (Fsp3) is 0.320. The number of carbonyl (C=O) groups is 3. The van der Waals surface area contributed by atoms with Gasteiger partial charge in [0.05, 0.1) is 19.1 Å². The quantitative estimate of drug-likeness (QED) is 0.377. The zero-order valence-electron chi connectivity index (χ0n) is 18.4. The molecule has 1 spiro atoms. The average Bonchev–Trinajstić information content (AvgIpc) is 2.79. The first-order chi connectivity index (χ1) is 15.8. The molecule has 0 unspecified atom stereocenters. The molecule has 33 heavy (non-hydrogen) atoms. The third kappa shape index (κ3) is 5.03. The lowest BCUT2D eigenvalue weighted by Crippen LogP contribution is -2.52. The number of ketones is 1. The molecule has 4 rings (SSSR count). The molecule has 0 aliphatic carbocycles. The number of methoxy groups -OCH3 is 1. The van der Waals surface area contributed by atoms with E-state index in [-0.39, 0.29) is 18.1 Å². The Hall–Kier alpha value is -3.32. The van der Waals surface area contributed by atoms with Gasteiger partial charge in [-0.3, -0.25) is 14.4 Å². The molecule has 2 aliphatic rings. The van der Waals surface area contributed by atoms with Crippen LogP contribution in [0.4, 0.5) is 0 Å². The maximum atomic E-state index is 12.7. The molecule has 2 aliphatic heterocycles. The van der Waals surface area contributed by atoms with E-state index in [0.29, 0.717) is 53.8 Å². The highest BCUT2D eigenvalue weighted by Gasteiger charge is 2.43. The second-order valence-electron chi connectivity index (χ2n) is 8.19. The highest BCUT2D eigenvalue weighted by atomic mass is 35.5. The standard InChI is InChI=1S/C25H24ClNO6/c1-16(28)32-22-6-3-17(13-23(22)31-2)4-8-24(30)27-11-9-25(10-12-27)15-20(29)19-14-18(26)5-7-21(19)33-25/h3-8,13-14H,9-12,15H2,1-2H3/b8-4+. The molecule has 2 aromatic carbocycles. The number of hydrogen-bond donors (Lipinski definition) is 0. The van der Waals surface area contributed by atoms with Gasteiger partial charge in [0.25, 0.3) is 0 Å². The summed E-state index contributed by atoms with van der Waals surface area (Å²) < 4.78 is 16.6. The van der Waals surface area contributed by atoms with Crippen LogP contribution in [0, 0.1) is 0 Å². The largest absolute Gasteiger partial charge is 0.493 e. The summed E-state index contributed by atoms with van der Waals surface area (Å²) in [5.41, 5.74) is 0.670. The van der Waals surface area contributed by atoms with Crippen LogP contribution in [-0.4, -0.2) is 48.4 Å². The molecule has 0 saturated carbocycles. The first kappa shape index (κ1) is 22.9. The van der Waals surface area contributed by atoms with Crippen molar-refractivity contribution in [3.05, 3.63) is 58.6 Å². The molecule has 172 valence electrons. The van der Waals surface area contributed by atoms with Crippen LogP contribution in [0.5, 0.6) is 17.2 Å². The van der Waals surface area contributed by atoms with Crippen LogP contribution < -0.4 is 14.2 Å². The summed E-state index contributed by atoms with van der Waals surface area (Å²) in [6.07, 6.45) is 4.62. The second kappa shape index (κ2) is 9.27. The molecule has 1 fully saturated rings. The van der Waals surface area contributed by atoms with Crippen LogP contribution in [-0.2, 0) is 9.59 Å². The zero-order chi connectivity index (χ0) is 23.6. The number of hydrogen-bond acceptors (Lipinski definition) is 6. The number of carbonyl (C=O) groups excluding carboxylic acids is 3. The molecule has 1 saturated heterocycles. The normalized spacial score (nSPS) is 16.9. The molecule has 0 aromatic heterocycles. The van der Waals surface area contributed by atoms with Crippen LogP contribution in [0.1, 0.15) is 42.1 Å². The number of piperidine rings is 1. The van der Waals surface area contributed by atoms with Gasteiger partial charge in [-0.15, -0.1) is 0 Å². The van der Waals surface area contributed by atoms with Gasteiger partial charge in [-0.05, 0) is 42.0 Å². The van der Waals surface area contributed by atoms with E-state index in [1.807, 2.05) is 0 Å². The topological polar surface area (TPSA) is 82.1 Å². The molecule has 0 radical (unpaired) electrons. The fourth-order valence-corrected chi connectivity index (χ4v) is 4.35. The summed E-state index contributed by atoms with van der Waals surface area (Å²) in [6.45, 7) is 2.31. The zero-order valence-corrected chi connectivity index (χ0v) is 19.2. The number of likely N-dealkylation sites (tertiary alicyclic amines) is 1. The summed E-state index contributed by atoms with van der Waals surface area (Å²) in [4.78, 5) is 38.3. The van der Waals surface area contributed by atoms with Crippen molar-refractivity contribution in [2.75, 3.05) is 20.2 Å². The van der Waals surface area contributed by atoms with E-state index in [1.54, 1.807) is 47.4 Å². The van der Waals surface area contributed by atoms with Crippen molar-refractivity contribution >= 4 is 35.3 Å². The first-order valence-electron chi connectivity index (χ1n) is 10.6. The van der Waals surface area contributed by atoms with Crippen molar-refractivity contribution in [3.63, 3.8) is 0 Å². The van der Waals surface area contributed by atoms with Crippen molar-refractivity contribution in [2.45, 2.75) is 31.8 Å².